The van der Waals surface area contributed by atoms with Crippen LogP contribution >= 0.6 is 15.2 Å². The number of carbonyl (C=O) groups is 1. The van der Waals surface area contributed by atoms with E-state index in [0.717, 1.165) is 0 Å². The first kappa shape index (κ1) is 34.1. The van der Waals surface area contributed by atoms with Crippen molar-refractivity contribution in [1.82, 2.24) is 10.2 Å². The van der Waals surface area contributed by atoms with Crippen LogP contribution in [-0.2, 0) is 22.8 Å². The normalized spacial score (nSPS) is 14.7. The van der Waals surface area contributed by atoms with Crippen LogP contribution in [0.15, 0.2) is 0 Å². The van der Waals surface area contributed by atoms with Gasteiger partial charge >= 0.3 is 15.2 Å². The summed E-state index contributed by atoms with van der Waals surface area (Å²) >= 11 is 0. The highest BCUT2D eigenvalue weighted by molar-refractivity contribution is 7.70. The Kier molecular flexibility index (Phi) is 12.1. The van der Waals surface area contributed by atoms with Crippen molar-refractivity contribution in [2.24, 2.45) is 0 Å². The van der Waals surface area contributed by atoms with Gasteiger partial charge in [-0.25, -0.2) is 0 Å². The number of nitrogens with one attached hydrogen (secondary N) is 1. The molecule has 5 N–H and O–H groups in total. The fourth-order valence-electron chi connectivity index (χ4n) is 2.32. The van der Waals surface area contributed by atoms with Gasteiger partial charge in [0.2, 0.25) is 11.4 Å². The van der Waals surface area contributed by atoms with Gasteiger partial charge in [-0.15, -0.1) is 0 Å². The average Bonchev–Trinajstić information content (AvgIpc) is 2.55. The molecule has 0 saturated heterocycles. The fraction of sp³-hybridized carbons (Fsp3) is 0.947. The Labute approximate surface area is 206 Å². The van der Waals surface area contributed by atoms with Crippen molar-refractivity contribution < 1.29 is 42.4 Å². The van der Waals surface area contributed by atoms with Crippen LogP contribution < -0.4 is 5.32 Å². The van der Waals surface area contributed by atoms with Gasteiger partial charge in [0.15, 0.2) is 16.6 Å². The van der Waals surface area contributed by atoms with Gasteiger partial charge in [-0.2, -0.15) is 0 Å². The SMILES string of the molecule is CC(C)(C)[Si](C)(C)OCCN(CCO[Si](C)(C)C(C)(C)C)CC(=O)NC(P(=O)(O)O)P(=O)(O)O. The van der Waals surface area contributed by atoms with Gasteiger partial charge < -0.3 is 33.7 Å². The van der Waals surface area contributed by atoms with E-state index >= 15 is 0 Å². The molecule has 34 heavy (non-hydrogen) atoms. The zero-order valence-corrected chi connectivity index (χ0v) is 26.1. The Morgan fingerprint density at radius 3 is 1.41 bits per heavy atom. The monoisotopic (exact) mass is 564 g/mol. The molecule has 0 heterocycles. The maximum absolute atomic E-state index is 12.5. The minimum absolute atomic E-state index is 0.000687. The number of carbonyl (C=O) groups excluding carboxylic acids is 1. The molecule has 0 spiro atoms. The van der Waals surface area contributed by atoms with E-state index in [9.17, 15) is 33.5 Å². The molecule has 0 aliphatic heterocycles. The van der Waals surface area contributed by atoms with E-state index in [0.29, 0.717) is 26.3 Å². The molecule has 0 bridgehead atoms. The van der Waals surface area contributed by atoms with E-state index in [1.165, 1.54) is 0 Å². The maximum atomic E-state index is 12.5. The third-order valence-electron chi connectivity index (χ3n) is 6.65. The van der Waals surface area contributed by atoms with Gasteiger partial charge in [-0.05, 0) is 36.3 Å². The molecule has 15 heteroatoms. The smallest absolute Gasteiger partial charge is 0.360 e. The lowest BCUT2D eigenvalue weighted by Crippen LogP contribution is -2.47. The predicted octanol–water partition coefficient (Wildman–Crippen LogP) is 3.09. The highest BCUT2D eigenvalue weighted by atomic mass is 31.2. The second-order valence-corrected chi connectivity index (χ2v) is 25.0. The molecule has 11 nitrogen and oxygen atoms in total. The van der Waals surface area contributed by atoms with Gasteiger partial charge in [0.05, 0.1) is 6.54 Å². The van der Waals surface area contributed by atoms with Gasteiger partial charge in [0.1, 0.15) is 0 Å². The summed E-state index contributed by atoms with van der Waals surface area (Å²) < 4.78 is 35.4. The molecule has 0 aromatic rings. The summed E-state index contributed by atoms with van der Waals surface area (Å²) in [5.74, 6) is -0.906. The summed E-state index contributed by atoms with van der Waals surface area (Å²) in [6.45, 7) is 22.1. The Bertz CT molecular complexity index is 717. The number of hydrogen-bond acceptors (Lipinski definition) is 6. The molecule has 0 aliphatic carbocycles. The lowest BCUT2D eigenvalue weighted by Gasteiger charge is -2.38. The standard InChI is InChI=1S/C19H46N2O9P2Si2/c1-18(2,3)33(7,8)29-13-11-21(12-14-30-34(9,10)19(4,5)6)15-16(22)20-17(31(23,24)25)32(26,27)28/h17H,11-15H2,1-10H3,(H,20,22)(H2,23,24,25)(H2,26,27,28). The summed E-state index contributed by atoms with van der Waals surface area (Å²) in [6.07, 6.45) is 0. The van der Waals surface area contributed by atoms with Crippen LogP contribution in [0.3, 0.4) is 0 Å². The molecule has 204 valence electrons. The van der Waals surface area contributed by atoms with Crippen molar-refractivity contribution in [2.75, 3.05) is 32.8 Å². The van der Waals surface area contributed by atoms with E-state index in [1.807, 2.05) is 5.32 Å². The number of amides is 1. The third kappa shape index (κ3) is 11.4. The highest BCUT2D eigenvalue weighted by Gasteiger charge is 2.45. The Morgan fingerprint density at radius 1 is 0.824 bits per heavy atom. The second kappa shape index (κ2) is 12.1. The van der Waals surface area contributed by atoms with Gasteiger partial charge in [-0.3, -0.25) is 18.8 Å². The summed E-state index contributed by atoms with van der Waals surface area (Å²) in [5, 5.41) is 1.82. The molecule has 0 aliphatic rings. The molecule has 0 radical (unpaired) electrons. The molecule has 0 unspecified atom stereocenters. The van der Waals surface area contributed by atoms with Crippen LogP contribution in [0.5, 0.6) is 0 Å². The molecule has 1 amide bonds. The van der Waals surface area contributed by atoms with Crippen LogP contribution in [0.2, 0.25) is 36.3 Å². The average molecular weight is 565 g/mol. The lowest BCUT2D eigenvalue weighted by molar-refractivity contribution is -0.122. The molecule has 0 aromatic heterocycles. The largest absolute Gasteiger partial charge is 0.416 e. The predicted molar refractivity (Wildman–Crippen MR) is 139 cm³/mol. The molecule has 0 atom stereocenters. The summed E-state index contributed by atoms with van der Waals surface area (Å²) in [4.78, 5) is 51.3. The number of hydrogen-bond donors (Lipinski definition) is 5. The van der Waals surface area contributed by atoms with E-state index in [4.69, 9.17) is 8.85 Å². The Hall–Kier alpha value is 0.0838. The molecule has 0 rings (SSSR count). The van der Waals surface area contributed by atoms with E-state index in [-0.39, 0.29) is 16.6 Å². The van der Waals surface area contributed by atoms with Gasteiger partial charge in [0.25, 0.3) is 0 Å². The van der Waals surface area contributed by atoms with Crippen LogP contribution in [0, 0.1) is 0 Å². The minimum atomic E-state index is -5.27. The van der Waals surface area contributed by atoms with Crippen LogP contribution in [0.4, 0.5) is 0 Å². The van der Waals surface area contributed by atoms with Crippen molar-refractivity contribution in [3.05, 3.63) is 0 Å². The Morgan fingerprint density at radius 2 is 1.15 bits per heavy atom. The zero-order valence-electron chi connectivity index (χ0n) is 22.3. The third-order valence-corrected chi connectivity index (χ3v) is 19.1. The summed E-state index contributed by atoms with van der Waals surface area (Å²) in [6, 6.07) is 0. The van der Waals surface area contributed by atoms with Crippen LogP contribution in [0.25, 0.3) is 0 Å². The first-order chi connectivity index (χ1) is 14.8. The van der Waals surface area contributed by atoms with Crippen LogP contribution in [-0.4, -0.2) is 85.4 Å². The lowest BCUT2D eigenvalue weighted by atomic mass is 10.2. The molecule has 0 saturated carbocycles. The minimum Gasteiger partial charge on any atom is -0.416 e. The molecular weight excluding hydrogens is 518 g/mol. The molecule has 0 aromatic carbocycles. The van der Waals surface area contributed by atoms with Crippen molar-refractivity contribution in [3.63, 3.8) is 0 Å². The number of nitrogens with zero attached hydrogens (tertiary/aromatic N) is 1. The zero-order chi connectivity index (χ0) is 27.4. The quantitative estimate of drug-likeness (QED) is 0.166. The fourth-order valence-corrected chi connectivity index (χ4v) is 6.58. The van der Waals surface area contributed by atoms with Crippen LogP contribution in [0.1, 0.15) is 41.5 Å². The molecular formula is C19H46N2O9P2Si2. The van der Waals surface area contributed by atoms with Crippen molar-refractivity contribution in [3.8, 4) is 0 Å². The highest BCUT2D eigenvalue weighted by Crippen LogP contribution is 2.58. The first-order valence-electron chi connectivity index (χ1n) is 11.2. The van der Waals surface area contributed by atoms with Gasteiger partial charge in [-0.1, -0.05) is 41.5 Å². The topological polar surface area (TPSA) is 166 Å². The van der Waals surface area contributed by atoms with Gasteiger partial charge in [0, 0.05) is 26.3 Å². The van der Waals surface area contributed by atoms with E-state index in [1.54, 1.807) is 4.90 Å². The van der Waals surface area contributed by atoms with E-state index < -0.39 is 43.3 Å². The van der Waals surface area contributed by atoms with E-state index in [2.05, 4.69) is 67.7 Å². The maximum Gasteiger partial charge on any atom is 0.360 e. The van der Waals surface area contributed by atoms with Crippen molar-refractivity contribution >= 4 is 37.7 Å². The molecule has 0 fully saturated rings. The summed E-state index contributed by atoms with van der Waals surface area (Å²) in [7, 11) is -14.6. The van der Waals surface area contributed by atoms with Crippen molar-refractivity contribution in [2.45, 2.75) is 83.3 Å². The second-order valence-electron chi connectivity index (χ2n) is 11.6. The Balaban J connectivity index is 5.38. The van der Waals surface area contributed by atoms with Crippen molar-refractivity contribution in [1.29, 1.82) is 0 Å². The first-order valence-corrected chi connectivity index (χ1v) is 20.4. The summed E-state index contributed by atoms with van der Waals surface area (Å²) in [5.41, 5.74) is -2.58. The number of rotatable bonds is 13.